The lowest BCUT2D eigenvalue weighted by atomic mass is 10.1. The number of carbonyl (C=O) groups excluding carboxylic acids is 1. The quantitative estimate of drug-likeness (QED) is 0.635. The lowest BCUT2D eigenvalue weighted by Crippen LogP contribution is -2.24. The van der Waals surface area contributed by atoms with Gasteiger partial charge in [0.15, 0.2) is 0 Å². The summed E-state index contributed by atoms with van der Waals surface area (Å²) < 4.78 is 9.94. The number of amides is 1. The predicted molar refractivity (Wildman–Crippen MR) is 43.6 cm³/mol. The van der Waals surface area contributed by atoms with Gasteiger partial charge in [0.25, 0.3) is 0 Å². The van der Waals surface area contributed by atoms with E-state index in [1.807, 2.05) is 19.1 Å². The van der Waals surface area contributed by atoms with Gasteiger partial charge >= 0.3 is 6.09 Å². The van der Waals surface area contributed by atoms with Gasteiger partial charge in [-0.2, -0.15) is 0 Å². The Morgan fingerprint density at radius 2 is 2.67 bits per heavy atom. The Kier molecular flexibility index (Phi) is 3.10. The highest BCUT2D eigenvalue weighted by atomic mass is 16.5. The zero-order chi connectivity index (χ0) is 8.97. The fourth-order valence-corrected chi connectivity index (χ4v) is 1.07. The minimum Gasteiger partial charge on any atom is -0.449 e. The molecule has 0 aromatic heterocycles. The zero-order valence-electron chi connectivity index (χ0n) is 7.03. The Morgan fingerprint density at radius 1 is 1.92 bits per heavy atom. The molecule has 2 unspecified atom stereocenters. The molecule has 4 nitrogen and oxygen atoms in total. The van der Waals surface area contributed by atoms with Crippen molar-refractivity contribution in [2.45, 2.75) is 13.0 Å². The van der Waals surface area contributed by atoms with Gasteiger partial charge in [-0.25, -0.2) is 4.79 Å². The van der Waals surface area contributed by atoms with Crippen LogP contribution in [0.25, 0.3) is 0 Å². The van der Waals surface area contributed by atoms with Crippen molar-refractivity contribution in [1.29, 1.82) is 0 Å². The molecule has 1 aliphatic rings. The zero-order valence-corrected chi connectivity index (χ0v) is 7.03. The summed E-state index contributed by atoms with van der Waals surface area (Å²) in [5, 5.41) is 0. The average Bonchev–Trinajstić information content (AvgIpc) is 2.51. The van der Waals surface area contributed by atoms with Crippen LogP contribution < -0.4 is 5.73 Å². The molecule has 0 bridgehead atoms. The molecule has 4 heteroatoms. The van der Waals surface area contributed by atoms with Gasteiger partial charge in [0.2, 0.25) is 0 Å². The molecule has 68 valence electrons. The average molecular weight is 171 g/mol. The molecule has 0 radical (unpaired) electrons. The first-order valence-corrected chi connectivity index (χ1v) is 3.90. The van der Waals surface area contributed by atoms with Gasteiger partial charge in [0, 0.05) is 5.92 Å². The maximum atomic E-state index is 10.3. The largest absolute Gasteiger partial charge is 0.449 e. The van der Waals surface area contributed by atoms with Crippen molar-refractivity contribution in [2.24, 2.45) is 11.7 Å². The third-order valence-corrected chi connectivity index (χ3v) is 1.76. The van der Waals surface area contributed by atoms with Crippen molar-refractivity contribution in [1.82, 2.24) is 0 Å². The molecule has 0 aromatic rings. The highest BCUT2D eigenvalue weighted by molar-refractivity contribution is 5.64. The maximum Gasteiger partial charge on any atom is 0.404 e. The first kappa shape index (κ1) is 9.06. The molecule has 0 saturated carbocycles. The molecule has 1 heterocycles. The van der Waals surface area contributed by atoms with E-state index in [1.54, 1.807) is 0 Å². The van der Waals surface area contributed by atoms with Crippen molar-refractivity contribution in [3.63, 3.8) is 0 Å². The van der Waals surface area contributed by atoms with Crippen LogP contribution in [0.4, 0.5) is 4.79 Å². The summed E-state index contributed by atoms with van der Waals surface area (Å²) in [6, 6.07) is 0. The fourth-order valence-electron chi connectivity index (χ4n) is 1.07. The smallest absolute Gasteiger partial charge is 0.404 e. The number of nitrogens with two attached hydrogens (primary N) is 1. The molecule has 1 aliphatic heterocycles. The Morgan fingerprint density at radius 3 is 3.17 bits per heavy atom. The van der Waals surface area contributed by atoms with Gasteiger partial charge in [0.1, 0.15) is 0 Å². The van der Waals surface area contributed by atoms with E-state index >= 15 is 0 Å². The molecule has 2 N–H and O–H groups in total. The van der Waals surface area contributed by atoms with Gasteiger partial charge in [0.05, 0.1) is 19.3 Å². The van der Waals surface area contributed by atoms with E-state index in [9.17, 15) is 4.79 Å². The van der Waals surface area contributed by atoms with Crippen molar-refractivity contribution in [2.75, 3.05) is 13.2 Å². The summed E-state index contributed by atoms with van der Waals surface area (Å²) in [5.41, 5.74) is 4.82. The van der Waals surface area contributed by atoms with Crippen molar-refractivity contribution >= 4 is 6.09 Å². The van der Waals surface area contributed by atoms with E-state index in [2.05, 4.69) is 4.74 Å². The van der Waals surface area contributed by atoms with E-state index in [0.717, 1.165) is 0 Å². The number of carbonyl (C=O) groups is 1. The molecule has 1 amide bonds. The molecule has 0 saturated heterocycles. The monoisotopic (exact) mass is 171 g/mol. The van der Waals surface area contributed by atoms with Gasteiger partial charge < -0.3 is 15.2 Å². The first-order valence-electron chi connectivity index (χ1n) is 3.90. The lowest BCUT2D eigenvalue weighted by Gasteiger charge is -2.16. The predicted octanol–water partition coefficient (Wildman–Crippen LogP) is 0.673. The highest BCUT2D eigenvalue weighted by Crippen LogP contribution is 2.13. The van der Waals surface area contributed by atoms with Crippen LogP contribution in [0, 0.1) is 5.92 Å². The van der Waals surface area contributed by atoms with Gasteiger partial charge in [-0.15, -0.1) is 0 Å². The van der Waals surface area contributed by atoms with Crippen molar-refractivity contribution < 1.29 is 14.3 Å². The molecular formula is C8H13NO3. The van der Waals surface area contributed by atoms with Crippen LogP contribution in [0.3, 0.4) is 0 Å². The van der Waals surface area contributed by atoms with E-state index in [-0.39, 0.29) is 12.0 Å². The molecule has 0 spiro atoms. The van der Waals surface area contributed by atoms with E-state index in [4.69, 9.17) is 10.5 Å². The van der Waals surface area contributed by atoms with Gasteiger partial charge in [-0.05, 0) is 0 Å². The Labute approximate surface area is 71.3 Å². The fraction of sp³-hybridized carbons (Fsp3) is 0.625. The summed E-state index contributed by atoms with van der Waals surface area (Å²) in [5.74, 6) is 0.163. The summed E-state index contributed by atoms with van der Waals surface area (Å²) in [6.07, 6.45) is 3.24. The molecule has 0 aliphatic carbocycles. The van der Waals surface area contributed by atoms with Crippen LogP contribution in [0.1, 0.15) is 6.92 Å². The Bertz CT molecular complexity index is 191. The third kappa shape index (κ3) is 2.54. The van der Waals surface area contributed by atoms with Gasteiger partial charge in [-0.1, -0.05) is 19.1 Å². The van der Waals surface area contributed by atoms with E-state index in [1.165, 1.54) is 0 Å². The molecule has 1 rings (SSSR count). The topological polar surface area (TPSA) is 61.5 Å². The van der Waals surface area contributed by atoms with Crippen LogP contribution >= 0.6 is 0 Å². The minimum atomic E-state index is -0.733. The number of hydrogen-bond acceptors (Lipinski definition) is 3. The standard InChI is InChI=1S/C8H13NO3/c1-6(5-12-8(9)10)7-3-2-4-11-7/h2-3,6-7H,4-5H2,1H3,(H2,9,10). The Hall–Kier alpha value is -1.03. The summed E-state index contributed by atoms with van der Waals surface area (Å²) in [7, 11) is 0. The molecule has 2 atom stereocenters. The number of ether oxygens (including phenoxy) is 2. The van der Waals surface area contributed by atoms with Crippen molar-refractivity contribution in [3.05, 3.63) is 12.2 Å². The van der Waals surface area contributed by atoms with Gasteiger partial charge in [-0.3, -0.25) is 0 Å². The van der Waals surface area contributed by atoms with Crippen molar-refractivity contribution in [3.8, 4) is 0 Å². The number of rotatable bonds is 3. The minimum absolute atomic E-state index is 0.0596. The van der Waals surface area contributed by atoms with Crippen LogP contribution in [-0.2, 0) is 9.47 Å². The van der Waals surface area contributed by atoms with E-state index < -0.39 is 6.09 Å². The van der Waals surface area contributed by atoms with E-state index in [0.29, 0.717) is 13.2 Å². The lowest BCUT2D eigenvalue weighted by molar-refractivity contribution is 0.0523. The third-order valence-electron chi connectivity index (χ3n) is 1.76. The van der Waals surface area contributed by atoms with Crippen LogP contribution in [0.5, 0.6) is 0 Å². The Balaban J connectivity index is 2.23. The second-order valence-electron chi connectivity index (χ2n) is 2.83. The number of primary amides is 1. The second kappa shape index (κ2) is 4.11. The van der Waals surface area contributed by atoms with Crippen LogP contribution in [0.15, 0.2) is 12.2 Å². The van der Waals surface area contributed by atoms with Crippen LogP contribution in [0.2, 0.25) is 0 Å². The number of hydrogen-bond donors (Lipinski definition) is 1. The van der Waals surface area contributed by atoms with Crippen LogP contribution in [-0.4, -0.2) is 25.4 Å². The molecule has 0 fully saturated rings. The first-order chi connectivity index (χ1) is 5.70. The molecular weight excluding hydrogens is 158 g/mol. The summed E-state index contributed by atoms with van der Waals surface area (Å²) >= 11 is 0. The molecule has 0 aromatic carbocycles. The summed E-state index contributed by atoms with van der Waals surface area (Å²) in [4.78, 5) is 10.3. The SMILES string of the molecule is CC(COC(N)=O)C1C=CCO1. The normalized spacial score (nSPS) is 23.9. The highest BCUT2D eigenvalue weighted by Gasteiger charge is 2.18. The maximum absolute atomic E-state index is 10.3. The summed E-state index contributed by atoms with van der Waals surface area (Å²) in [6.45, 7) is 2.90. The second-order valence-corrected chi connectivity index (χ2v) is 2.83. The molecule has 12 heavy (non-hydrogen) atoms.